The van der Waals surface area contributed by atoms with E-state index < -0.39 is 0 Å². The highest BCUT2D eigenvalue weighted by atomic mass is 79.9. The first kappa shape index (κ1) is 7.72. The molecule has 0 aromatic rings. The van der Waals surface area contributed by atoms with E-state index in [1.54, 1.807) is 0 Å². The summed E-state index contributed by atoms with van der Waals surface area (Å²) in [4.78, 5) is 23.1. The molecule has 0 saturated carbocycles. The summed E-state index contributed by atoms with van der Waals surface area (Å²) in [5.41, 5.74) is 0.338. The summed E-state index contributed by atoms with van der Waals surface area (Å²) in [5.74, 6) is -0.124. The van der Waals surface area contributed by atoms with E-state index >= 15 is 0 Å². The number of hydrogen-bond donors (Lipinski definition) is 0. The van der Waals surface area contributed by atoms with Crippen LogP contribution in [0.1, 0.15) is 19.3 Å². The molecule has 1 saturated heterocycles. The maximum atomic E-state index is 10.9. The van der Waals surface area contributed by atoms with Gasteiger partial charge in [0.05, 0.1) is 5.45 Å². The second-order valence-electron chi connectivity index (χ2n) is 2.19. The zero-order valence-electron chi connectivity index (χ0n) is 5.47. The van der Waals surface area contributed by atoms with E-state index in [0.717, 1.165) is 0 Å². The van der Waals surface area contributed by atoms with E-state index in [-0.39, 0.29) is 11.8 Å². The van der Waals surface area contributed by atoms with Gasteiger partial charge < -0.3 is 0 Å². The van der Waals surface area contributed by atoms with E-state index in [2.05, 4.69) is 15.9 Å². The summed E-state index contributed by atoms with van der Waals surface area (Å²) >= 11 is 3.08. The molecule has 3 nitrogen and oxygen atoms in total. The minimum Gasteiger partial charge on any atom is -0.274 e. The van der Waals surface area contributed by atoms with Crippen molar-refractivity contribution in [2.24, 2.45) is 0 Å². The Balaban J connectivity index is 2.62. The first-order chi connectivity index (χ1) is 4.75. The van der Waals surface area contributed by atoms with Gasteiger partial charge in [-0.25, -0.2) is 0 Å². The molecule has 0 unspecified atom stereocenters. The van der Waals surface area contributed by atoms with Crippen molar-refractivity contribution < 1.29 is 9.59 Å². The van der Waals surface area contributed by atoms with Gasteiger partial charge >= 0.3 is 0 Å². The Morgan fingerprint density at radius 3 is 2.10 bits per heavy atom. The number of halogens is 1. The Kier molecular flexibility index (Phi) is 2.43. The Hall–Kier alpha value is -0.380. The Morgan fingerprint density at radius 2 is 1.80 bits per heavy atom. The van der Waals surface area contributed by atoms with Gasteiger partial charge in [0.15, 0.2) is 0 Å². The van der Waals surface area contributed by atoms with Crippen molar-refractivity contribution in [2.75, 3.05) is 5.45 Å². The van der Waals surface area contributed by atoms with Crippen molar-refractivity contribution in [3.05, 3.63) is 0 Å². The minimum absolute atomic E-state index is 0.0619. The van der Waals surface area contributed by atoms with Gasteiger partial charge in [0, 0.05) is 12.8 Å². The van der Waals surface area contributed by atoms with Gasteiger partial charge in [-0.05, 0) is 6.42 Å². The molecule has 0 radical (unpaired) electrons. The second kappa shape index (κ2) is 3.14. The van der Waals surface area contributed by atoms with Crippen LogP contribution in [-0.4, -0.2) is 22.2 Å². The fourth-order valence-corrected chi connectivity index (χ4v) is 1.49. The number of piperidine rings is 1. The molecular weight excluding hydrogens is 198 g/mol. The molecule has 0 aromatic carbocycles. The maximum absolute atomic E-state index is 10.9. The zero-order chi connectivity index (χ0) is 7.56. The Bertz CT molecular complexity index is 153. The van der Waals surface area contributed by atoms with Crippen LogP contribution in [-0.2, 0) is 9.59 Å². The topological polar surface area (TPSA) is 37.4 Å². The fraction of sp³-hybridized carbons (Fsp3) is 0.667. The Morgan fingerprint density at radius 1 is 1.30 bits per heavy atom. The van der Waals surface area contributed by atoms with Crippen LogP contribution >= 0.6 is 15.9 Å². The molecule has 0 aliphatic carbocycles. The van der Waals surface area contributed by atoms with Crippen LogP contribution in [0, 0.1) is 0 Å². The summed E-state index contributed by atoms with van der Waals surface area (Å²) in [6, 6.07) is 0. The summed E-state index contributed by atoms with van der Waals surface area (Å²) in [6.45, 7) is 0. The van der Waals surface area contributed by atoms with Crippen molar-refractivity contribution in [3.63, 3.8) is 0 Å². The number of hydrogen-bond acceptors (Lipinski definition) is 2. The molecule has 0 aromatic heterocycles. The second-order valence-corrected chi connectivity index (χ2v) is 2.69. The summed E-state index contributed by atoms with van der Waals surface area (Å²) in [5, 5.41) is 0. The molecule has 0 atom stereocenters. The highest BCUT2D eigenvalue weighted by Gasteiger charge is 2.24. The molecule has 1 aliphatic rings. The number of alkyl halides is 1. The number of carbonyl (C=O) groups is 2. The first-order valence-electron chi connectivity index (χ1n) is 3.15. The number of likely N-dealkylation sites (tertiary alicyclic amines) is 1. The zero-order valence-corrected chi connectivity index (χ0v) is 7.06. The smallest absolute Gasteiger partial charge is 0.229 e. The molecule has 10 heavy (non-hydrogen) atoms. The van der Waals surface area contributed by atoms with E-state index in [1.165, 1.54) is 4.90 Å². The minimum atomic E-state index is -0.0619. The lowest BCUT2D eigenvalue weighted by atomic mass is 10.1. The summed E-state index contributed by atoms with van der Waals surface area (Å²) < 4.78 is 0. The monoisotopic (exact) mass is 205 g/mol. The molecule has 1 fully saturated rings. The molecular formula is C6H8BrNO2. The number of nitrogens with zero attached hydrogens (tertiary/aromatic N) is 1. The molecule has 1 aliphatic heterocycles. The lowest BCUT2D eigenvalue weighted by molar-refractivity contribution is -0.146. The molecule has 2 amide bonds. The summed E-state index contributed by atoms with van der Waals surface area (Å²) in [6.07, 6.45) is 1.73. The quantitative estimate of drug-likeness (QED) is 0.362. The third kappa shape index (κ3) is 1.37. The van der Waals surface area contributed by atoms with Crippen molar-refractivity contribution in [3.8, 4) is 0 Å². The molecule has 4 heteroatoms. The van der Waals surface area contributed by atoms with Crippen LogP contribution in [0.25, 0.3) is 0 Å². The van der Waals surface area contributed by atoms with Crippen molar-refractivity contribution >= 4 is 27.7 Å². The SMILES string of the molecule is O=C1CCCC(=O)N1CBr. The van der Waals surface area contributed by atoms with Gasteiger partial charge in [-0.15, -0.1) is 0 Å². The highest BCUT2D eigenvalue weighted by molar-refractivity contribution is 9.09. The molecule has 0 N–H and O–H groups in total. The Labute approximate surface area is 67.5 Å². The van der Waals surface area contributed by atoms with Gasteiger partial charge in [0.25, 0.3) is 0 Å². The predicted molar refractivity (Wildman–Crippen MR) is 39.5 cm³/mol. The average Bonchev–Trinajstić information content (AvgIpc) is 1.88. The molecule has 1 rings (SSSR count). The van der Waals surface area contributed by atoms with Gasteiger partial charge in [-0.3, -0.25) is 14.5 Å². The van der Waals surface area contributed by atoms with Gasteiger partial charge in [-0.2, -0.15) is 0 Å². The standard InChI is InChI=1S/C6H8BrNO2/c7-4-8-5(9)2-1-3-6(8)10/h1-4H2. The summed E-state index contributed by atoms with van der Waals surface area (Å²) in [7, 11) is 0. The van der Waals surface area contributed by atoms with E-state index in [1.807, 2.05) is 0 Å². The third-order valence-corrected chi connectivity index (χ3v) is 2.00. The molecule has 56 valence electrons. The third-order valence-electron chi connectivity index (χ3n) is 1.50. The number of imide groups is 1. The van der Waals surface area contributed by atoms with E-state index in [9.17, 15) is 9.59 Å². The van der Waals surface area contributed by atoms with Crippen molar-refractivity contribution in [1.82, 2.24) is 4.90 Å². The lowest BCUT2D eigenvalue weighted by Crippen LogP contribution is -2.38. The fourth-order valence-electron chi connectivity index (χ4n) is 0.933. The average molecular weight is 206 g/mol. The van der Waals surface area contributed by atoms with E-state index in [4.69, 9.17) is 0 Å². The highest BCUT2D eigenvalue weighted by Crippen LogP contribution is 2.12. The van der Waals surface area contributed by atoms with Crippen LogP contribution in [0.15, 0.2) is 0 Å². The van der Waals surface area contributed by atoms with E-state index in [0.29, 0.717) is 24.7 Å². The lowest BCUT2D eigenvalue weighted by Gasteiger charge is -2.21. The number of rotatable bonds is 1. The van der Waals surface area contributed by atoms with Crippen LogP contribution in [0.4, 0.5) is 0 Å². The van der Waals surface area contributed by atoms with Crippen LogP contribution in [0.5, 0.6) is 0 Å². The number of amides is 2. The van der Waals surface area contributed by atoms with Crippen LogP contribution in [0.2, 0.25) is 0 Å². The van der Waals surface area contributed by atoms with Crippen LogP contribution in [0.3, 0.4) is 0 Å². The van der Waals surface area contributed by atoms with Gasteiger partial charge in [0.1, 0.15) is 0 Å². The maximum Gasteiger partial charge on any atom is 0.229 e. The normalized spacial score (nSPS) is 19.9. The van der Waals surface area contributed by atoms with Gasteiger partial charge in [0.2, 0.25) is 11.8 Å². The van der Waals surface area contributed by atoms with Crippen molar-refractivity contribution in [1.29, 1.82) is 0 Å². The molecule has 1 heterocycles. The first-order valence-corrected chi connectivity index (χ1v) is 4.27. The van der Waals surface area contributed by atoms with Gasteiger partial charge in [-0.1, -0.05) is 15.9 Å². The largest absolute Gasteiger partial charge is 0.274 e. The molecule has 0 spiro atoms. The molecule has 0 bridgehead atoms. The van der Waals surface area contributed by atoms with Crippen molar-refractivity contribution in [2.45, 2.75) is 19.3 Å². The number of carbonyl (C=O) groups excluding carboxylic acids is 2. The van der Waals surface area contributed by atoms with Crippen LogP contribution < -0.4 is 0 Å². The predicted octanol–water partition coefficient (Wildman–Crippen LogP) is 0.878.